The second kappa shape index (κ2) is 6.76. The molecular formula is C16H19ClN2O2. The van der Waals surface area contributed by atoms with Gasteiger partial charge in [0.1, 0.15) is 5.69 Å². The van der Waals surface area contributed by atoms with Crippen LogP contribution in [0.3, 0.4) is 0 Å². The van der Waals surface area contributed by atoms with Crippen molar-refractivity contribution >= 4 is 17.5 Å². The number of nitrogens with zero attached hydrogens (tertiary/aromatic N) is 2. The Balaban J connectivity index is 2.16. The molecule has 0 fully saturated rings. The fourth-order valence-corrected chi connectivity index (χ4v) is 2.27. The highest BCUT2D eigenvalue weighted by Crippen LogP contribution is 2.27. The summed E-state index contributed by atoms with van der Waals surface area (Å²) in [5.74, 6) is 0.515. The van der Waals surface area contributed by atoms with Crippen LogP contribution in [0.2, 0.25) is 5.02 Å². The number of halogens is 1. The zero-order valence-electron chi connectivity index (χ0n) is 12.5. The molecule has 112 valence electrons. The summed E-state index contributed by atoms with van der Waals surface area (Å²) in [6, 6.07) is 8.97. The molecule has 0 spiro atoms. The Hall–Kier alpha value is -1.81. The van der Waals surface area contributed by atoms with Gasteiger partial charge in [-0.05, 0) is 12.0 Å². The molecule has 1 atom stereocenters. The Morgan fingerprint density at radius 3 is 2.81 bits per heavy atom. The predicted octanol–water partition coefficient (Wildman–Crippen LogP) is 4.11. The van der Waals surface area contributed by atoms with E-state index in [9.17, 15) is 4.79 Å². The molecule has 1 heterocycles. The summed E-state index contributed by atoms with van der Waals surface area (Å²) < 4.78 is 5.17. The van der Waals surface area contributed by atoms with Gasteiger partial charge in [-0.25, -0.2) is 0 Å². The molecule has 0 aliphatic heterocycles. The fraction of sp³-hybridized carbons (Fsp3) is 0.375. The van der Waals surface area contributed by atoms with Gasteiger partial charge in [-0.2, -0.15) is 0 Å². The van der Waals surface area contributed by atoms with E-state index in [1.165, 1.54) is 0 Å². The molecule has 2 rings (SSSR count). The maximum atomic E-state index is 12.3. The molecule has 0 aliphatic rings. The predicted molar refractivity (Wildman–Crippen MR) is 83.4 cm³/mol. The zero-order chi connectivity index (χ0) is 15.4. The fourth-order valence-electron chi connectivity index (χ4n) is 2.04. The van der Waals surface area contributed by atoms with Gasteiger partial charge in [-0.3, -0.25) is 4.79 Å². The Morgan fingerprint density at radius 2 is 2.14 bits per heavy atom. The van der Waals surface area contributed by atoms with Gasteiger partial charge in [0.15, 0.2) is 0 Å². The number of benzene rings is 1. The van der Waals surface area contributed by atoms with Crippen LogP contribution < -0.4 is 0 Å². The molecule has 2 aromatic rings. The Morgan fingerprint density at radius 1 is 1.43 bits per heavy atom. The number of hydrogen-bond donors (Lipinski definition) is 0. The number of rotatable bonds is 5. The van der Waals surface area contributed by atoms with E-state index < -0.39 is 0 Å². The Kier molecular flexibility index (Phi) is 5.02. The van der Waals surface area contributed by atoms with Crippen molar-refractivity contribution in [3.05, 3.63) is 41.1 Å². The number of aromatic nitrogens is 1. The van der Waals surface area contributed by atoms with Crippen molar-refractivity contribution in [2.45, 2.75) is 20.3 Å². The van der Waals surface area contributed by atoms with Gasteiger partial charge in [0.05, 0.1) is 5.02 Å². The van der Waals surface area contributed by atoms with Crippen LogP contribution in [0.5, 0.6) is 0 Å². The number of amides is 1. The van der Waals surface area contributed by atoms with Crippen molar-refractivity contribution < 1.29 is 9.32 Å². The topological polar surface area (TPSA) is 46.3 Å². The molecule has 0 saturated carbocycles. The van der Waals surface area contributed by atoms with E-state index >= 15 is 0 Å². The highest BCUT2D eigenvalue weighted by molar-refractivity contribution is 6.33. The third-order valence-electron chi connectivity index (χ3n) is 3.50. The normalized spacial score (nSPS) is 12.2. The van der Waals surface area contributed by atoms with Crippen LogP contribution >= 0.6 is 11.6 Å². The SMILES string of the molecule is CCC(C)CN(C)C(=O)c1cc(-c2ccccc2Cl)no1. The molecule has 21 heavy (non-hydrogen) atoms. The first-order valence-corrected chi connectivity index (χ1v) is 7.37. The van der Waals surface area contributed by atoms with Crippen molar-refractivity contribution in [3.63, 3.8) is 0 Å². The lowest BCUT2D eigenvalue weighted by molar-refractivity contribution is 0.0733. The van der Waals surface area contributed by atoms with E-state index in [0.29, 0.717) is 23.2 Å². The van der Waals surface area contributed by atoms with Gasteiger partial charge in [-0.15, -0.1) is 0 Å². The van der Waals surface area contributed by atoms with Crippen molar-refractivity contribution in [2.75, 3.05) is 13.6 Å². The first kappa shape index (κ1) is 15.6. The van der Waals surface area contributed by atoms with Crippen LogP contribution in [0.15, 0.2) is 34.9 Å². The van der Waals surface area contributed by atoms with Gasteiger partial charge >= 0.3 is 0 Å². The van der Waals surface area contributed by atoms with Crippen LogP contribution in [0.1, 0.15) is 30.8 Å². The van der Waals surface area contributed by atoms with Crippen molar-refractivity contribution in [2.24, 2.45) is 5.92 Å². The van der Waals surface area contributed by atoms with E-state index in [1.54, 1.807) is 24.1 Å². The third kappa shape index (κ3) is 3.64. The maximum Gasteiger partial charge on any atom is 0.292 e. The standard InChI is InChI=1S/C16H19ClN2O2/c1-4-11(2)10-19(3)16(20)15-9-14(18-21-15)12-7-5-6-8-13(12)17/h5-9,11H,4,10H2,1-3H3. The number of carbonyl (C=O) groups is 1. The molecule has 0 saturated heterocycles. The summed E-state index contributed by atoms with van der Waals surface area (Å²) in [5.41, 5.74) is 1.33. The molecule has 1 unspecified atom stereocenters. The van der Waals surface area contributed by atoms with Gasteiger partial charge in [0.2, 0.25) is 5.76 Å². The van der Waals surface area contributed by atoms with Crippen LogP contribution in [0, 0.1) is 5.92 Å². The zero-order valence-corrected chi connectivity index (χ0v) is 13.2. The summed E-state index contributed by atoms with van der Waals surface area (Å²) in [4.78, 5) is 13.9. The monoisotopic (exact) mass is 306 g/mol. The number of hydrogen-bond acceptors (Lipinski definition) is 3. The lowest BCUT2D eigenvalue weighted by Gasteiger charge is -2.19. The van der Waals surface area contributed by atoms with E-state index in [1.807, 2.05) is 18.2 Å². The maximum absolute atomic E-state index is 12.3. The molecular weight excluding hydrogens is 288 g/mol. The van der Waals surface area contributed by atoms with Crippen LogP contribution in [-0.2, 0) is 0 Å². The molecule has 1 aromatic heterocycles. The average Bonchev–Trinajstić information content (AvgIpc) is 2.96. The molecule has 1 amide bonds. The summed E-state index contributed by atoms with van der Waals surface area (Å²) in [5, 5.41) is 4.52. The van der Waals surface area contributed by atoms with E-state index in [4.69, 9.17) is 16.1 Å². The minimum atomic E-state index is -0.166. The molecule has 0 N–H and O–H groups in total. The summed E-state index contributed by atoms with van der Waals surface area (Å²) >= 11 is 6.12. The smallest absolute Gasteiger partial charge is 0.292 e. The molecule has 5 heteroatoms. The van der Waals surface area contributed by atoms with Crippen LogP contribution in [0.4, 0.5) is 0 Å². The number of carbonyl (C=O) groups excluding carboxylic acids is 1. The quantitative estimate of drug-likeness (QED) is 0.835. The van der Waals surface area contributed by atoms with E-state index in [2.05, 4.69) is 19.0 Å². The van der Waals surface area contributed by atoms with Crippen LogP contribution in [0.25, 0.3) is 11.3 Å². The highest BCUT2D eigenvalue weighted by Gasteiger charge is 2.19. The second-order valence-corrected chi connectivity index (χ2v) is 5.66. The van der Waals surface area contributed by atoms with E-state index in [0.717, 1.165) is 12.0 Å². The molecule has 0 aliphatic carbocycles. The summed E-state index contributed by atoms with van der Waals surface area (Å²) in [6.07, 6.45) is 1.03. The van der Waals surface area contributed by atoms with Crippen molar-refractivity contribution in [3.8, 4) is 11.3 Å². The largest absolute Gasteiger partial charge is 0.350 e. The molecule has 0 radical (unpaired) electrons. The Labute approximate surface area is 129 Å². The summed E-state index contributed by atoms with van der Waals surface area (Å²) in [7, 11) is 1.77. The van der Waals surface area contributed by atoms with E-state index in [-0.39, 0.29) is 11.7 Å². The van der Waals surface area contributed by atoms with Gasteiger partial charge in [-0.1, -0.05) is 55.2 Å². The first-order valence-electron chi connectivity index (χ1n) is 7.00. The van der Waals surface area contributed by atoms with Crippen molar-refractivity contribution in [1.29, 1.82) is 0 Å². The van der Waals surface area contributed by atoms with Gasteiger partial charge < -0.3 is 9.42 Å². The summed E-state index contributed by atoms with van der Waals surface area (Å²) in [6.45, 7) is 4.91. The highest BCUT2D eigenvalue weighted by atomic mass is 35.5. The lowest BCUT2D eigenvalue weighted by Crippen LogP contribution is -2.30. The van der Waals surface area contributed by atoms with Gasteiger partial charge in [0, 0.05) is 25.2 Å². The molecule has 4 nitrogen and oxygen atoms in total. The minimum Gasteiger partial charge on any atom is -0.350 e. The van der Waals surface area contributed by atoms with Crippen LogP contribution in [-0.4, -0.2) is 29.6 Å². The third-order valence-corrected chi connectivity index (χ3v) is 3.83. The van der Waals surface area contributed by atoms with Crippen molar-refractivity contribution in [1.82, 2.24) is 10.1 Å². The second-order valence-electron chi connectivity index (χ2n) is 5.26. The molecule has 1 aromatic carbocycles. The Bertz CT molecular complexity index is 624. The van der Waals surface area contributed by atoms with Gasteiger partial charge in [0.25, 0.3) is 5.91 Å². The minimum absolute atomic E-state index is 0.166. The molecule has 0 bridgehead atoms. The first-order chi connectivity index (χ1) is 10.0. The average molecular weight is 307 g/mol. The lowest BCUT2D eigenvalue weighted by atomic mass is 10.1.